The van der Waals surface area contributed by atoms with Crippen molar-refractivity contribution in [2.45, 2.75) is 18.9 Å². The molecule has 3 heterocycles. The summed E-state index contributed by atoms with van der Waals surface area (Å²) in [6.45, 7) is 2.70. The molecular weight excluding hydrogens is 306 g/mol. The molecule has 0 radical (unpaired) electrons. The van der Waals surface area contributed by atoms with Crippen molar-refractivity contribution in [2.75, 3.05) is 31.1 Å². The van der Waals surface area contributed by atoms with Gasteiger partial charge in [-0.1, -0.05) is 24.3 Å². The number of nitrogens with zero attached hydrogens (tertiary/aromatic N) is 4. The lowest BCUT2D eigenvalue weighted by Gasteiger charge is -2.36. The number of rotatable bonds is 2. The lowest BCUT2D eigenvalue weighted by atomic mass is 10.1. The number of nitrogens with one attached hydrogen (secondary N) is 1. The number of carbonyl (C=O) groups is 2. The molecule has 7 heteroatoms. The summed E-state index contributed by atoms with van der Waals surface area (Å²) in [5.41, 5.74) is 0. The van der Waals surface area contributed by atoms with Crippen molar-refractivity contribution < 1.29 is 9.59 Å². The predicted molar refractivity (Wildman–Crippen MR) is 89.5 cm³/mol. The summed E-state index contributed by atoms with van der Waals surface area (Å²) >= 11 is 0. The van der Waals surface area contributed by atoms with Gasteiger partial charge in [0, 0.05) is 43.4 Å². The van der Waals surface area contributed by atoms with Crippen LogP contribution in [0.25, 0.3) is 10.8 Å². The minimum absolute atomic E-state index is 0.0296. The maximum absolute atomic E-state index is 12.5. The van der Waals surface area contributed by atoms with Gasteiger partial charge in [-0.05, 0) is 6.42 Å². The number of carbonyl (C=O) groups excluding carboxylic acids is 2. The van der Waals surface area contributed by atoms with Gasteiger partial charge in [-0.15, -0.1) is 5.10 Å². The average Bonchev–Trinajstić information content (AvgIpc) is 3.07. The standard InChI is InChI=1S/C17H19N5O2/c23-15-6-5-14(19-15)17(24)22-9-7-21(8-10-22)16-13-4-2-1-3-12(13)11-18-20-16/h1-4,11,14H,5-10H2,(H,19,23). The van der Waals surface area contributed by atoms with E-state index < -0.39 is 0 Å². The SMILES string of the molecule is O=C1CCC(C(=O)N2CCN(c3nncc4ccccc34)CC2)N1. The Balaban J connectivity index is 1.46. The van der Waals surface area contributed by atoms with Crippen LogP contribution in [-0.4, -0.2) is 59.1 Å². The molecule has 7 nitrogen and oxygen atoms in total. The number of fused-ring (bicyclic) bond motifs is 1. The molecule has 0 spiro atoms. The zero-order valence-electron chi connectivity index (χ0n) is 13.3. The Labute approximate surface area is 139 Å². The average molecular weight is 325 g/mol. The molecule has 124 valence electrons. The Bertz CT molecular complexity index is 780. The Morgan fingerprint density at radius 2 is 1.96 bits per heavy atom. The van der Waals surface area contributed by atoms with Crippen LogP contribution < -0.4 is 10.2 Å². The van der Waals surface area contributed by atoms with Gasteiger partial charge in [0.1, 0.15) is 6.04 Å². The molecule has 0 bridgehead atoms. The first-order chi connectivity index (χ1) is 11.7. The number of aromatic nitrogens is 2. The zero-order valence-corrected chi connectivity index (χ0v) is 13.3. The first-order valence-electron chi connectivity index (χ1n) is 8.26. The molecule has 2 aromatic rings. The fourth-order valence-corrected chi connectivity index (χ4v) is 3.40. The van der Waals surface area contributed by atoms with Crippen LogP contribution in [0.3, 0.4) is 0 Å². The van der Waals surface area contributed by atoms with Crippen molar-refractivity contribution in [3.8, 4) is 0 Å². The molecule has 1 aromatic carbocycles. The van der Waals surface area contributed by atoms with Gasteiger partial charge >= 0.3 is 0 Å². The molecule has 4 rings (SSSR count). The highest BCUT2D eigenvalue weighted by Crippen LogP contribution is 2.24. The van der Waals surface area contributed by atoms with E-state index >= 15 is 0 Å². The number of benzene rings is 1. The molecule has 2 aliphatic rings. The molecule has 24 heavy (non-hydrogen) atoms. The first kappa shape index (κ1) is 14.9. The third-order valence-corrected chi connectivity index (χ3v) is 4.74. The van der Waals surface area contributed by atoms with Crippen molar-refractivity contribution in [2.24, 2.45) is 0 Å². The fraction of sp³-hybridized carbons (Fsp3) is 0.412. The van der Waals surface area contributed by atoms with Crippen LogP contribution in [0.1, 0.15) is 12.8 Å². The number of hydrogen-bond donors (Lipinski definition) is 1. The maximum Gasteiger partial charge on any atom is 0.245 e. The topological polar surface area (TPSA) is 78.4 Å². The summed E-state index contributed by atoms with van der Waals surface area (Å²) < 4.78 is 0. The Kier molecular flexibility index (Phi) is 3.76. The molecule has 1 N–H and O–H groups in total. The molecule has 2 fully saturated rings. The highest BCUT2D eigenvalue weighted by atomic mass is 16.2. The van der Waals surface area contributed by atoms with Gasteiger partial charge in [0.25, 0.3) is 0 Å². The van der Waals surface area contributed by atoms with Crippen molar-refractivity contribution in [1.29, 1.82) is 0 Å². The summed E-state index contributed by atoms with van der Waals surface area (Å²) in [7, 11) is 0. The van der Waals surface area contributed by atoms with Gasteiger partial charge in [0.05, 0.1) is 6.20 Å². The summed E-state index contributed by atoms with van der Waals surface area (Å²) in [6.07, 6.45) is 2.82. The van der Waals surface area contributed by atoms with Gasteiger partial charge in [0.15, 0.2) is 5.82 Å². The van der Waals surface area contributed by atoms with E-state index in [-0.39, 0.29) is 17.9 Å². The number of hydrogen-bond acceptors (Lipinski definition) is 5. The third-order valence-electron chi connectivity index (χ3n) is 4.74. The van der Waals surface area contributed by atoms with Gasteiger partial charge in [-0.2, -0.15) is 5.10 Å². The summed E-state index contributed by atoms with van der Waals surface area (Å²) in [5.74, 6) is 0.872. The smallest absolute Gasteiger partial charge is 0.245 e. The van der Waals surface area contributed by atoms with Crippen LogP contribution in [0.5, 0.6) is 0 Å². The molecule has 1 unspecified atom stereocenters. The molecule has 1 atom stereocenters. The first-order valence-corrected chi connectivity index (χ1v) is 8.26. The second kappa shape index (κ2) is 6.07. The number of amides is 2. The van der Waals surface area contributed by atoms with E-state index in [1.165, 1.54) is 0 Å². The summed E-state index contributed by atoms with van der Waals surface area (Å²) in [4.78, 5) is 27.8. The van der Waals surface area contributed by atoms with E-state index in [9.17, 15) is 9.59 Å². The molecule has 2 saturated heterocycles. The van der Waals surface area contributed by atoms with Crippen molar-refractivity contribution in [1.82, 2.24) is 20.4 Å². The fourth-order valence-electron chi connectivity index (χ4n) is 3.40. The van der Waals surface area contributed by atoms with Gasteiger partial charge in [-0.25, -0.2) is 0 Å². The van der Waals surface area contributed by atoms with Gasteiger partial charge in [0.2, 0.25) is 11.8 Å². The monoisotopic (exact) mass is 325 g/mol. The third kappa shape index (κ3) is 2.66. The highest BCUT2D eigenvalue weighted by Gasteiger charge is 2.32. The van der Waals surface area contributed by atoms with Crippen molar-refractivity contribution in [3.05, 3.63) is 30.5 Å². The second-order valence-corrected chi connectivity index (χ2v) is 6.23. The minimum Gasteiger partial charge on any atom is -0.351 e. The van der Waals surface area contributed by atoms with Crippen LogP contribution in [-0.2, 0) is 9.59 Å². The Morgan fingerprint density at radius 1 is 1.17 bits per heavy atom. The Hall–Kier alpha value is -2.70. The lowest BCUT2D eigenvalue weighted by Crippen LogP contribution is -2.53. The van der Waals surface area contributed by atoms with Crippen molar-refractivity contribution >= 4 is 28.4 Å². The molecule has 2 amide bonds. The van der Waals surface area contributed by atoms with E-state index in [0.29, 0.717) is 25.9 Å². The highest BCUT2D eigenvalue weighted by molar-refractivity contribution is 5.92. The van der Waals surface area contributed by atoms with Crippen LogP contribution in [0, 0.1) is 0 Å². The number of piperazine rings is 1. The summed E-state index contributed by atoms with van der Waals surface area (Å²) in [5, 5.41) is 13.3. The quantitative estimate of drug-likeness (QED) is 0.873. The largest absolute Gasteiger partial charge is 0.351 e. The predicted octanol–water partition coefficient (Wildman–Crippen LogP) is 0.557. The number of anilines is 1. The summed E-state index contributed by atoms with van der Waals surface area (Å²) in [6, 6.07) is 7.71. The normalized spacial score (nSPS) is 21.2. The maximum atomic E-state index is 12.5. The Morgan fingerprint density at radius 3 is 2.71 bits per heavy atom. The second-order valence-electron chi connectivity index (χ2n) is 6.23. The molecule has 0 saturated carbocycles. The van der Waals surface area contributed by atoms with E-state index in [1.807, 2.05) is 29.2 Å². The van der Waals surface area contributed by atoms with Gasteiger partial charge < -0.3 is 15.1 Å². The molecule has 0 aliphatic carbocycles. The van der Waals surface area contributed by atoms with Crippen LogP contribution >= 0.6 is 0 Å². The lowest BCUT2D eigenvalue weighted by molar-refractivity contribution is -0.134. The molecular formula is C17H19N5O2. The molecule has 1 aromatic heterocycles. The van der Waals surface area contributed by atoms with E-state index in [4.69, 9.17) is 0 Å². The van der Waals surface area contributed by atoms with E-state index in [0.717, 1.165) is 29.7 Å². The zero-order chi connectivity index (χ0) is 16.5. The van der Waals surface area contributed by atoms with E-state index in [1.54, 1.807) is 6.20 Å². The van der Waals surface area contributed by atoms with E-state index in [2.05, 4.69) is 20.4 Å². The molecule has 2 aliphatic heterocycles. The minimum atomic E-state index is -0.346. The van der Waals surface area contributed by atoms with Crippen LogP contribution in [0.4, 0.5) is 5.82 Å². The van der Waals surface area contributed by atoms with Gasteiger partial charge in [-0.3, -0.25) is 9.59 Å². The van der Waals surface area contributed by atoms with Crippen molar-refractivity contribution in [3.63, 3.8) is 0 Å². The van der Waals surface area contributed by atoms with Crippen LogP contribution in [0.2, 0.25) is 0 Å². The van der Waals surface area contributed by atoms with Crippen LogP contribution in [0.15, 0.2) is 30.5 Å².